The molecule has 1 saturated carbocycles. The molecule has 4 amide bonds. The van der Waals surface area contributed by atoms with Gasteiger partial charge in [-0.3, -0.25) is 14.4 Å². The number of nitrogens with one attached hydrogen (secondary N) is 1. The zero-order valence-corrected chi connectivity index (χ0v) is 30.9. The summed E-state index contributed by atoms with van der Waals surface area (Å²) in [6.45, 7) is 19.0. The highest BCUT2D eigenvalue weighted by molar-refractivity contribution is 6.05. The number of aromatic hydroxyl groups is 1. The van der Waals surface area contributed by atoms with Crippen molar-refractivity contribution in [2.75, 3.05) is 23.4 Å². The summed E-state index contributed by atoms with van der Waals surface area (Å²) >= 11 is 0. The average Bonchev–Trinajstić information content (AvgIpc) is 3.83. The predicted octanol–water partition coefficient (Wildman–Crippen LogP) is 6.28. The number of nitrogens with zero attached hydrogens (tertiary/aromatic N) is 4. The van der Waals surface area contributed by atoms with Crippen LogP contribution in [-0.4, -0.2) is 81.1 Å². The first-order chi connectivity index (χ1) is 24.8. The van der Waals surface area contributed by atoms with Crippen LogP contribution in [0, 0.1) is 12.5 Å². The maximum absolute atomic E-state index is 13.9. The number of imide groups is 1. The van der Waals surface area contributed by atoms with Crippen LogP contribution in [0.5, 0.6) is 5.88 Å². The molecule has 0 bridgehead atoms. The quantitative estimate of drug-likeness (QED) is 0.145. The van der Waals surface area contributed by atoms with Gasteiger partial charge >= 0.3 is 18.2 Å². The minimum Gasteiger partial charge on any atom is -0.494 e. The van der Waals surface area contributed by atoms with Gasteiger partial charge in [0.2, 0.25) is 6.10 Å². The number of rotatable bonds is 9. The first-order valence-electron chi connectivity index (χ1n) is 17.3. The SMILES string of the molecule is [C-]#[N+]c1ccc(NC(=O)[C@H](OC(C)=O)[C@H]2OCCN(c3ccc4cn(CC5CC5)c(O)c4c3)C2=O)cc1CN(C(=O)OC(C)(C)C)C(=O)OC(C)(C)C. The van der Waals surface area contributed by atoms with E-state index >= 15 is 0 Å². The maximum atomic E-state index is 13.9. The van der Waals surface area contributed by atoms with Crippen molar-refractivity contribution in [1.82, 2.24) is 9.47 Å². The minimum atomic E-state index is -1.72. The van der Waals surface area contributed by atoms with Gasteiger partial charge in [0.1, 0.15) is 11.2 Å². The van der Waals surface area contributed by atoms with Crippen LogP contribution in [0.3, 0.4) is 0 Å². The molecule has 2 fully saturated rings. The number of amides is 4. The monoisotopic (exact) mass is 731 g/mol. The molecule has 2 N–H and O–H groups in total. The van der Waals surface area contributed by atoms with Gasteiger partial charge in [0.25, 0.3) is 11.8 Å². The Kier molecular flexibility index (Phi) is 11.0. The van der Waals surface area contributed by atoms with Gasteiger partial charge in [-0.05, 0) is 90.1 Å². The number of ether oxygens (including phenoxy) is 4. The highest BCUT2D eigenvalue weighted by Crippen LogP contribution is 2.37. The lowest BCUT2D eigenvalue weighted by atomic mass is 10.1. The van der Waals surface area contributed by atoms with E-state index in [9.17, 15) is 29.1 Å². The molecule has 1 aromatic heterocycles. The van der Waals surface area contributed by atoms with Crippen molar-refractivity contribution >= 4 is 57.8 Å². The first-order valence-corrected chi connectivity index (χ1v) is 17.3. The molecule has 2 atom stereocenters. The van der Waals surface area contributed by atoms with Gasteiger partial charge in [0, 0.05) is 48.4 Å². The van der Waals surface area contributed by atoms with E-state index in [2.05, 4.69) is 10.2 Å². The summed E-state index contributed by atoms with van der Waals surface area (Å²) in [6.07, 6.45) is -1.13. The molecule has 2 heterocycles. The molecule has 53 heavy (non-hydrogen) atoms. The molecule has 1 saturated heterocycles. The molecule has 15 heteroatoms. The van der Waals surface area contributed by atoms with E-state index in [0.29, 0.717) is 23.5 Å². The Labute approximate surface area is 307 Å². The second-order valence-electron chi connectivity index (χ2n) is 15.1. The van der Waals surface area contributed by atoms with Gasteiger partial charge in [-0.2, -0.15) is 0 Å². The van der Waals surface area contributed by atoms with E-state index in [1.54, 1.807) is 64.3 Å². The van der Waals surface area contributed by atoms with Gasteiger partial charge in [-0.1, -0.05) is 12.1 Å². The number of carbonyl (C=O) groups excluding carboxylic acids is 5. The fraction of sp³-hybridized carbons (Fsp3) is 0.474. The van der Waals surface area contributed by atoms with Crippen molar-refractivity contribution in [3.63, 3.8) is 0 Å². The lowest BCUT2D eigenvalue weighted by Gasteiger charge is -2.35. The average molecular weight is 732 g/mol. The highest BCUT2D eigenvalue weighted by Gasteiger charge is 2.43. The van der Waals surface area contributed by atoms with Crippen LogP contribution in [0.2, 0.25) is 0 Å². The summed E-state index contributed by atoms with van der Waals surface area (Å²) in [4.78, 5) is 71.8. The molecule has 2 aromatic carbocycles. The van der Waals surface area contributed by atoms with E-state index in [-0.39, 0.29) is 36.0 Å². The van der Waals surface area contributed by atoms with E-state index < -0.39 is 59.9 Å². The predicted molar refractivity (Wildman–Crippen MR) is 193 cm³/mol. The highest BCUT2D eigenvalue weighted by atomic mass is 16.6. The first kappa shape index (κ1) is 38.6. The van der Waals surface area contributed by atoms with Gasteiger partial charge in [-0.25, -0.2) is 19.3 Å². The largest absolute Gasteiger partial charge is 0.494 e. The van der Waals surface area contributed by atoms with Crippen molar-refractivity contribution in [2.45, 2.75) is 97.8 Å². The summed E-state index contributed by atoms with van der Waals surface area (Å²) < 4.78 is 23.8. The molecule has 0 unspecified atom stereocenters. The lowest BCUT2D eigenvalue weighted by molar-refractivity contribution is -0.167. The third-order valence-electron chi connectivity index (χ3n) is 8.28. The molecule has 282 valence electrons. The molecule has 0 spiro atoms. The third kappa shape index (κ3) is 9.63. The van der Waals surface area contributed by atoms with Crippen LogP contribution in [0.1, 0.15) is 66.9 Å². The zero-order valence-electron chi connectivity index (χ0n) is 30.9. The molecular formula is C38H45N5O10. The number of benzene rings is 2. The number of carbonyl (C=O) groups is 5. The molecule has 0 radical (unpaired) electrons. The molecule has 1 aliphatic carbocycles. The third-order valence-corrected chi connectivity index (χ3v) is 8.28. The van der Waals surface area contributed by atoms with Crippen LogP contribution in [-0.2, 0) is 46.4 Å². The zero-order chi connectivity index (χ0) is 38.8. The Morgan fingerprint density at radius 3 is 2.28 bits per heavy atom. The second-order valence-corrected chi connectivity index (χ2v) is 15.1. The number of morpholine rings is 1. The van der Waals surface area contributed by atoms with E-state index in [4.69, 9.17) is 25.5 Å². The standard InChI is InChI=1S/C38H45N5O10/c1-22(44)51-30(31-34(47)42(15-16-50-31)27-13-11-24-20-41(19-23-9-10-23)33(46)28(24)18-27)32(45)40-26-12-14-29(39-8)25(17-26)21-43(35(48)52-37(2,3)4)36(49)53-38(5,6)7/h11-14,17-18,20,23,30-31,46H,9-10,15-16,19,21H2,1-7H3,(H,40,45)/t30-,31-/m1/s1. The number of anilines is 2. The molecule has 15 nitrogen and oxygen atoms in total. The number of hydrogen-bond acceptors (Lipinski definition) is 10. The fourth-order valence-electron chi connectivity index (χ4n) is 5.75. The Balaban J connectivity index is 1.38. The topological polar surface area (TPSA) is 170 Å². The molecule has 1 aliphatic heterocycles. The van der Waals surface area contributed by atoms with Gasteiger partial charge < -0.3 is 38.8 Å². The summed E-state index contributed by atoms with van der Waals surface area (Å²) in [5.74, 6) is -1.73. The van der Waals surface area contributed by atoms with Crippen LogP contribution >= 0.6 is 0 Å². The van der Waals surface area contributed by atoms with Gasteiger partial charge in [0.05, 0.1) is 19.7 Å². The number of aromatic nitrogens is 1. The second kappa shape index (κ2) is 15.2. The van der Waals surface area contributed by atoms with E-state index in [0.717, 1.165) is 30.1 Å². The number of fused-ring (bicyclic) bond motifs is 1. The van der Waals surface area contributed by atoms with Crippen molar-refractivity contribution in [3.05, 3.63) is 59.6 Å². The van der Waals surface area contributed by atoms with Crippen molar-refractivity contribution in [1.29, 1.82) is 0 Å². The number of esters is 1. The van der Waals surface area contributed by atoms with Crippen LogP contribution < -0.4 is 10.2 Å². The summed E-state index contributed by atoms with van der Waals surface area (Å²) in [5.41, 5.74) is -1.09. The van der Waals surface area contributed by atoms with E-state index in [1.807, 2.05) is 6.20 Å². The van der Waals surface area contributed by atoms with Crippen molar-refractivity contribution in [2.24, 2.45) is 5.92 Å². The smallest absolute Gasteiger partial charge is 0.420 e. The Morgan fingerprint density at radius 2 is 1.70 bits per heavy atom. The lowest BCUT2D eigenvalue weighted by Crippen LogP contribution is -2.56. The molecule has 5 rings (SSSR count). The Morgan fingerprint density at radius 1 is 1.04 bits per heavy atom. The maximum Gasteiger partial charge on any atom is 0.420 e. The van der Waals surface area contributed by atoms with Gasteiger partial charge in [0.15, 0.2) is 17.7 Å². The molecular weight excluding hydrogens is 686 g/mol. The molecule has 3 aromatic rings. The summed E-state index contributed by atoms with van der Waals surface area (Å²) in [5, 5.41) is 14.9. The Bertz CT molecular complexity index is 1940. The summed E-state index contributed by atoms with van der Waals surface area (Å²) in [6, 6.07) is 9.42. The Hall–Kier alpha value is -5.62. The van der Waals surface area contributed by atoms with Crippen molar-refractivity contribution in [3.8, 4) is 5.88 Å². The fourth-order valence-corrected chi connectivity index (χ4v) is 5.75. The minimum absolute atomic E-state index is 0.0170. The van der Waals surface area contributed by atoms with E-state index in [1.165, 1.54) is 23.1 Å². The molecule has 2 aliphatic rings. The normalized spacial score (nSPS) is 16.8. The van der Waals surface area contributed by atoms with Crippen LogP contribution in [0.15, 0.2) is 42.6 Å². The number of hydrogen-bond donors (Lipinski definition) is 2. The summed E-state index contributed by atoms with van der Waals surface area (Å²) in [7, 11) is 0. The van der Waals surface area contributed by atoms with Crippen LogP contribution in [0.25, 0.3) is 15.6 Å². The van der Waals surface area contributed by atoms with Gasteiger partial charge in [-0.15, -0.1) is 0 Å². The van der Waals surface area contributed by atoms with Crippen LogP contribution in [0.4, 0.5) is 26.7 Å². The van der Waals surface area contributed by atoms with Crippen molar-refractivity contribution < 1.29 is 48.0 Å².